The first-order valence-corrected chi connectivity index (χ1v) is 10.5. The van der Waals surface area contributed by atoms with Gasteiger partial charge in [0.15, 0.2) is 0 Å². The highest BCUT2D eigenvalue weighted by Crippen LogP contribution is 2.30. The maximum atomic E-state index is 12.8. The average Bonchev–Trinajstić information content (AvgIpc) is 2.74. The zero-order valence-corrected chi connectivity index (χ0v) is 17.3. The summed E-state index contributed by atoms with van der Waals surface area (Å²) in [7, 11) is -2.60. The fourth-order valence-corrected chi connectivity index (χ4v) is 3.92. The van der Waals surface area contributed by atoms with E-state index in [9.17, 15) is 13.2 Å². The van der Waals surface area contributed by atoms with Crippen LogP contribution in [0.2, 0.25) is 5.02 Å². The van der Waals surface area contributed by atoms with Crippen molar-refractivity contribution in [3.05, 3.63) is 82.9 Å². The molecule has 2 N–H and O–H groups in total. The molecule has 0 spiro atoms. The van der Waals surface area contributed by atoms with Crippen LogP contribution in [-0.4, -0.2) is 21.4 Å². The topological polar surface area (TPSA) is 108 Å². The number of sulfonamides is 1. The third-order valence-electron chi connectivity index (χ3n) is 4.06. The van der Waals surface area contributed by atoms with Crippen molar-refractivity contribution in [1.29, 1.82) is 5.26 Å². The van der Waals surface area contributed by atoms with Crippen molar-refractivity contribution in [2.45, 2.75) is 4.90 Å². The zero-order valence-electron chi connectivity index (χ0n) is 15.7. The maximum Gasteiger partial charge on any atom is 0.262 e. The molecule has 0 fully saturated rings. The minimum Gasteiger partial charge on any atom is -0.495 e. The fraction of sp³-hybridized carbons (Fsp3) is 0.0476. The Hall–Kier alpha value is -3.54. The van der Waals surface area contributed by atoms with Gasteiger partial charge in [-0.05, 0) is 54.6 Å². The molecule has 0 atom stereocenters. The predicted molar refractivity (Wildman–Crippen MR) is 114 cm³/mol. The van der Waals surface area contributed by atoms with Crippen LogP contribution in [0.3, 0.4) is 0 Å². The molecule has 9 heteroatoms. The number of carbonyl (C=O) groups is 1. The van der Waals surface area contributed by atoms with E-state index in [1.54, 1.807) is 30.3 Å². The molecular formula is C21H16ClN3O4S. The minimum absolute atomic E-state index is 0.108. The lowest BCUT2D eigenvalue weighted by Crippen LogP contribution is -2.16. The van der Waals surface area contributed by atoms with Gasteiger partial charge in [-0.3, -0.25) is 9.52 Å². The number of nitrogens with one attached hydrogen (secondary N) is 2. The normalized spacial score (nSPS) is 10.7. The number of amides is 1. The largest absolute Gasteiger partial charge is 0.495 e. The Morgan fingerprint density at radius 2 is 1.83 bits per heavy atom. The molecule has 152 valence electrons. The van der Waals surface area contributed by atoms with Gasteiger partial charge in [-0.15, -0.1) is 0 Å². The van der Waals surface area contributed by atoms with E-state index in [1.165, 1.54) is 43.5 Å². The molecule has 3 rings (SSSR count). The first-order valence-electron chi connectivity index (χ1n) is 8.60. The van der Waals surface area contributed by atoms with Gasteiger partial charge in [0.2, 0.25) is 0 Å². The zero-order chi connectivity index (χ0) is 21.7. The molecule has 0 saturated heterocycles. The third kappa shape index (κ3) is 4.89. The summed E-state index contributed by atoms with van der Waals surface area (Å²) in [5, 5.41) is 11.9. The smallest absolute Gasteiger partial charge is 0.262 e. The minimum atomic E-state index is -4.01. The molecule has 0 radical (unpaired) electrons. The molecular weight excluding hydrogens is 426 g/mol. The van der Waals surface area contributed by atoms with Crippen LogP contribution < -0.4 is 14.8 Å². The molecule has 1 amide bonds. The van der Waals surface area contributed by atoms with Crippen LogP contribution >= 0.6 is 11.6 Å². The predicted octanol–water partition coefficient (Wildman–Crippen LogP) is 4.27. The monoisotopic (exact) mass is 441 g/mol. The number of benzene rings is 3. The number of hydrogen-bond donors (Lipinski definition) is 2. The van der Waals surface area contributed by atoms with E-state index in [4.69, 9.17) is 21.6 Å². The summed E-state index contributed by atoms with van der Waals surface area (Å²) in [4.78, 5) is 12.4. The lowest BCUT2D eigenvalue weighted by molar-refractivity contribution is 0.102. The number of methoxy groups -OCH3 is 1. The van der Waals surface area contributed by atoms with Crippen LogP contribution in [-0.2, 0) is 10.0 Å². The second-order valence-electron chi connectivity index (χ2n) is 6.12. The van der Waals surface area contributed by atoms with Crippen LogP contribution in [0.1, 0.15) is 15.9 Å². The quantitative estimate of drug-likeness (QED) is 0.593. The summed E-state index contributed by atoms with van der Waals surface area (Å²) < 4.78 is 33.2. The SMILES string of the molecule is COc1ccc(Cl)cc1NS(=O)(=O)c1cccc(C(=O)Nc2cccc(C#N)c2)c1. The number of anilines is 2. The second kappa shape index (κ2) is 8.86. The van der Waals surface area contributed by atoms with Crippen molar-refractivity contribution in [1.82, 2.24) is 0 Å². The Labute approximate surface area is 178 Å². The van der Waals surface area contributed by atoms with E-state index in [0.29, 0.717) is 22.0 Å². The summed E-state index contributed by atoms with van der Waals surface area (Å²) in [6, 6.07) is 18.5. The molecule has 0 bridgehead atoms. The Morgan fingerprint density at radius 3 is 2.57 bits per heavy atom. The average molecular weight is 442 g/mol. The molecule has 0 aliphatic carbocycles. The lowest BCUT2D eigenvalue weighted by Gasteiger charge is -2.13. The number of hydrogen-bond acceptors (Lipinski definition) is 5. The van der Waals surface area contributed by atoms with Gasteiger partial charge in [0.1, 0.15) is 5.75 Å². The van der Waals surface area contributed by atoms with Gasteiger partial charge in [-0.1, -0.05) is 23.7 Å². The van der Waals surface area contributed by atoms with Crippen molar-refractivity contribution < 1.29 is 17.9 Å². The van der Waals surface area contributed by atoms with Crippen LogP contribution in [0.15, 0.2) is 71.6 Å². The van der Waals surface area contributed by atoms with Gasteiger partial charge in [-0.2, -0.15) is 5.26 Å². The summed E-state index contributed by atoms with van der Waals surface area (Å²) in [5.74, 6) is -0.211. The molecule has 0 aliphatic rings. The molecule has 3 aromatic carbocycles. The highest BCUT2D eigenvalue weighted by atomic mass is 35.5. The Kier molecular flexibility index (Phi) is 6.26. The molecule has 30 heavy (non-hydrogen) atoms. The lowest BCUT2D eigenvalue weighted by atomic mass is 10.2. The van der Waals surface area contributed by atoms with Crippen molar-refractivity contribution in [3.8, 4) is 11.8 Å². The highest BCUT2D eigenvalue weighted by Gasteiger charge is 2.19. The molecule has 3 aromatic rings. The molecule has 0 unspecified atom stereocenters. The standard InChI is InChI=1S/C21H16ClN3O4S/c1-29-20-9-8-16(22)12-19(20)25-30(27,28)18-7-3-5-15(11-18)21(26)24-17-6-2-4-14(10-17)13-23/h2-12,25H,1H3,(H,24,26). The van der Waals surface area contributed by atoms with E-state index in [1.807, 2.05) is 6.07 Å². The first-order chi connectivity index (χ1) is 14.3. The van der Waals surface area contributed by atoms with Gasteiger partial charge in [0, 0.05) is 16.3 Å². The van der Waals surface area contributed by atoms with Gasteiger partial charge in [0.25, 0.3) is 15.9 Å². The summed E-state index contributed by atoms with van der Waals surface area (Å²) in [6.07, 6.45) is 0. The number of halogens is 1. The van der Waals surface area contributed by atoms with Gasteiger partial charge >= 0.3 is 0 Å². The van der Waals surface area contributed by atoms with Crippen LogP contribution in [0.5, 0.6) is 5.75 Å². The number of nitriles is 1. The molecule has 0 aliphatic heterocycles. The van der Waals surface area contributed by atoms with E-state index in [2.05, 4.69) is 10.0 Å². The second-order valence-corrected chi connectivity index (χ2v) is 8.24. The number of ether oxygens (including phenoxy) is 1. The van der Waals surface area contributed by atoms with E-state index >= 15 is 0 Å². The Balaban J connectivity index is 1.86. The fourth-order valence-electron chi connectivity index (χ4n) is 2.64. The van der Waals surface area contributed by atoms with E-state index in [-0.39, 0.29) is 16.1 Å². The molecule has 0 aromatic heterocycles. The molecule has 0 heterocycles. The van der Waals surface area contributed by atoms with Crippen molar-refractivity contribution in [2.24, 2.45) is 0 Å². The molecule has 7 nitrogen and oxygen atoms in total. The number of rotatable bonds is 6. The van der Waals surface area contributed by atoms with Crippen molar-refractivity contribution >= 4 is 38.9 Å². The number of nitrogens with zero attached hydrogens (tertiary/aromatic N) is 1. The summed E-state index contributed by atoms with van der Waals surface area (Å²) in [6.45, 7) is 0. The third-order valence-corrected chi connectivity index (χ3v) is 5.66. The highest BCUT2D eigenvalue weighted by molar-refractivity contribution is 7.92. The van der Waals surface area contributed by atoms with Crippen LogP contribution in [0, 0.1) is 11.3 Å². The molecule has 0 saturated carbocycles. The summed E-state index contributed by atoms with van der Waals surface area (Å²) >= 11 is 5.95. The van der Waals surface area contributed by atoms with Crippen molar-refractivity contribution in [3.63, 3.8) is 0 Å². The van der Waals surface area contributed by atoms with Gasteiger partial charge < -0.3 is 10.1 Å². The van der Waals surface area contributed by atoms with Crippen LogP contribution in [0.25, 0.3) is 0 Å². The Morgan fingerprint density at radius 1 is 1.07 bits per heavy atom. The van der Waals surface area contributed by atoms with Crippen LogP contribution in [0.4, 0.5) is 11.4 Å². The Bertz CT molecular complexity index is 1250. The van der Waals surface area contributed by atoms with E-state index < -0.39 is 15.9 Å². The van der Waals surface area contributed by atoms with Gasteiger partial charge in [-0.25, -0.2) is 8.42 Å². The summed E-state index contributed by atoms with van der Waals surface area (Å²) in [5.41, 5.74) is 1.13. The number of carbonyl (C=O) groups excluding carboxylic acids is 1. The van der Waals surface area contributed by atoms with Gasteiger partial charge in [0.05, 0.1) is 29.3 Å². The first kappa shape index (κ1) is 21.2. The van der Waals surface area contributed by atoms with Crippen molar-refractivity contribution in [2.75, 3.05) is 17.1 Å². The maximum absolute atomic E-state index is 12.8. The van der Waals surface area contributed by atoms with E-state index in [0.717, 1.165) is 0 Å².